The summed E-state index contributed by atoms with van der Waals surface area (Å²) in [6, 6.07) is 23.8. The minimum Gasteiger partial charge on any atom is -0.456 e. The predicted octanol–water partition coefficient (Wildman–Crippen LogP) is 4.93. The summed E-state index contributed by atoms with van der Waals surface area (Å²) in [6.45, 7) is 1.95. The van der Waals surface area contributed by atoms with Gasteiger partial charge in [-0.3, -0.25) is 24.1 Å². The Labute approximate surface area is 233 Å². The summed E-state index contributed by atoms with van der Waals surface area (Å²) < 4.78 is 5.11. The number of carbonyl (C=O) groups is 4. The fraction of sp³-hybridized carbons (Fsp3) is 0.333. The zero-order valence-electron chi connectivity index (χ0n) is 22.5. The molecule has 2 bridgehead atoms. The van der Waals surface area contributed by atoms with E-state index in [4.69, 9.17) is 4.74 Å². The zero-order valence-corrected chi connectivity index (χ0v) is 22.5. The lowest BCUT2D eigenvalue weighted by Gasteiger charge is -2.45. The molecule has 7 rings (SSSR count). The van der Waals surface area contributed by atoms with Crippen molar-refractivity contribution in [1.29, 1.82) is 0 Å². The van der Waals surface area contributed by atoms with E-state index in [1.165, 1.54) is 27.2 Å². The summed E-state index contributed by atoms with van der Waals surface area (Å²) in [5.41, 5.74) is 6.35. The van der Waals surface area contributed by atoms with Gasteiger partial charge < -0.3 is 10.1 Å². The standard InChI is InChI=1S/C33H32N2O5/c1-20-10-9-11-21(18-20)34-26(36)19-40-27(37)16-3-2-8-17-35-32(38)30-28-22-12-4-5-13-23(22)29(31(30)33(35)39)25-15-7-6-14-24(25)28/h4-7,9-15,18,28-31H,2-3,8,16-17,19H2,1H3,(H,34,36)/t28?,29?,30-,31-/m1/s1. The molecule has 0 saturated carbocycles. The van der Waals surface area contributed by atoms with Crippen molar-refractivity contribution in [3.8, 4) is 0 Å². The van der Waals surface area contributed by atoms with Gasteiger partial charge in [-0.15, -0.1) is 0 Å². The van der Waals surface area contributed by atoms with E-state index in [-0.39, 0.29) is 54.4 Å². The lowest BCUT2D eigenvalue weighted by Crippen LogP contribution is -2.41. The molecule has 1 fully saturated rings. The molecule has 1 saturated heterocycles. The lowest BCUT2D eigenvalue weighted by molar-refractivity contribution is -0.147. The molecule has 0 aromatic heterocycles. The second-order valence-electron chi connectivity index (χ2n) is 11.0. The Hall–Kier alpha value is -4.26. The van der Waals surface area contributed by atoms with E-state index in [0.29, 0.717) is 31.5 Å². The number of imide groups is 1. The number of aryl methyl sites for hydroxylation is 1. The molecule has 0 radical (unpaired) electrons. The van der Waals surface area contributed by atoms with Crippen LogP contribution in [0.2, 0.25) is 0 Å². The number of benzene rings is 3. The molecular formula is C33H32N2O5. The van der Waals surface area contributed by atoms with E-state index in [0.717, 1.165) is 5.56 Å². The molecule has 4 aliphatic rings. The minimum atomic E-state index is -0.439. The number of esters is 1. The number of likely N-dealkylation sites (tertiary alicyclic amines) is 1. The number of ether oxygens (including phenoxy) is 1. The molecule has 204 valence electrons. The molecular weight excluding hydrogens is 504 g/mol. The number of hydrogen-bond donors (Lipinski definition) is 1. The maximum Gasteiger partial charge on any atom is 0.306 e. The summed E-state index contributed by atoms with van der Waals surface area (Å²) in [4.78, 5) is 52.9. The van der Waals surface area contributed by atoms with Crippen LogP contribution in [0.15, 0.2) is 72.8 Å². The van der Waals surface area contributed by atoms with Gasteiger partial charge in [0.1, 0.15) is 0 Å². The van der Waals surface area contributed by atoms with Gasteiger partial charge >= 0.3 is 5.97 Å². The first-order valence-corrected chi connectivity index (χ1v) is 14.0. The molecule has 3 aliphatic carbocycles. The Morgan fingerprint density at radius 2 is 1.35 bits per heavy atom. The molecule has 1 N–H and O–H groups in total. The Bertz CT molecular complexity index is 1380. The highest BCUT2D eigenvalue weighted by molar-refractivity contribution is 6.07. The maximum absolute atomic E-state index is 13.6. The molecule has 0 unspecified atom stereocenters. The van der Waals surface area contributed by atoms with Gasteiger partial charge in [0.2, 0.25) is 11.8 Å². The average Bonchev–Trinajstić information content (AvgIpc) is 3.21. The van der Waals surface area contributed by atoms with Crippen LogP contribution < -0.4 is 5.32 Å². The number of carbonyl (C=O) groups excluding carboxylic acids is 4. The van der Waals surface area contributed by atoms with Gasteiger partial charge in [0.05, 0.1) is 11.8 Å². The number of anilines is 1. The third kappa shape index (κ3) is 4.59. The van der Waals surface area contributed by atoms with Crippen molar-refractivity contribution < 1.29 is 23.9 Å². The molecule has 1 heterocycles. The topological polar surface area (TPSA) is 92.8 Å². The first-order chi connectivity index (χ1) is 19.4. The quantitative estimate of drug-likeness (QED) is 0.238. The van der Waals surface area contributed by atoms with E-state index in [9.17, 15) is 19.2 Å². The van der Waals surface area contributed by atoms with E-state index in [2.05, 4.69) is 29.6 Å². The monoisotopic (exact) mass is 536 g/mol. The molecule has 1 aliphatic heterocycles. The van der Waals surface area contributed by atoms with Crippen LogP contribution in [0.25, 0.3) is 0 Å². The lowest BCUT2D eigenvalue weighted by atomic mass is 9.55. The minimum absolute atomic E-state index is 0.0759. The highest BCUT2D eigenvalue weighted by Gasteiger charge is 2.61. The second kappa shape index (κ2) is 10.7. The van der Waals surface area contributed by atoms with Crippen LogP contribution in [0.5, 0.6) is 0 Å². The van der Waals surface area contributed by atoms with Crippen LogP contribution in [-0.4, -0.2) is 41.7 Å². The van der Waals surface area contributed by atoms with Crippen LogP contribution in [0.3, 0.4) is 0 Å². The Morgan fingerprint density at radius 3 is 1.90 bits per heavy atom. The first-order valence-electron chi connectivity index (χ1n) is 14.0. The van der Waals surface area contributed by atoms with Gasteiger partial charge in [0, 0.05) is 30.5 Å². The predicted molar refractivity (Wildman–Crippen MR) is 150 cm³/mol. The third-order valence-electron chi connectivity index (χ3n) is 8.47. The number of nitrogens with one attached hydrogen (secondary N) is 1. The maximum atomic E-state index is 13.6. The fourth-order valence-corrected chi connectivity index (χ4v) is 6.81. The van der Waals surface area contributed by atoms with E-state index in [1.807, 2.05) is 49.4 Å². The second-order valence-corrected chi connectivity index (χ2v) is 11.0. The van der Waals surface area contributed by atoms with Gasteiger partial charge in [0.15, 0.2) is 6.61 Å². The summed E-state index contributed by atoms with van der Waals surface area (Å²) in [5, 5.41) is 2.71. The smallest absolute Gasteiger partial charge is 0.306 e. The average molecular weight is 537 g/mol. The number of hydrogen-bond acceptors (Lipinski definition) is 5. The normalized spacial score (nSPS) is 22.0. The number of rotatable bonds is 9. The van der Waals surface area contributed by atoms with Gasteiger partial charge in [-0.1, -0.05) is 67.1 Å². The summed E-state index contributed by atoms with van der Waals surface area (Å²) >= 11 is 0. The van der Waals surface area contributed by atoms with Crippen molar-refractivity contribution in [2.24, 2.45) is 11.8 Å². The van der Waals surface area contributed by atoms with Crippen molar-refractivity contribution in [2.75, 3.05) is 18.5 Å². The van der Waals surface area contributed by atoms with Crippen molar-refractivity contribution in [2.45, 2.75) is 44.4 Å². The molecule has 2 atom stereocenters. The van der Waals surface area contributed by atoms with Crippen molar-refractivity contribution in [1.82, 2.24) is 4.90 Å². The van der Waals surface area contributed by atoms with E-state index < -0.39 is 5.97 Å². The van der Waals surface area contributed by atoms with Crippen LogP contribution in [0.1, 0.15) is 65.3 Å². The van der Waals surface area contributed by atoms with Gasteiger partial charge in [-0.2, -0.15) is 0 Å². The van der Waals surface area contributed by atoms with Crippen molar-refractivity contribution in [3.05, 3.63) is 101 Å². The molecule has 3 amide bonds. The molecule has 0 spiro atoms. The SMILES string of the molecule is Cc1cccc(NC(=O)COC(=O)CCCCCN2C(=O)[C@@H]3C4c5ccccc5C(c5ccccc54)[C@H]3C2=O)c1. The molecule has 3 aromatic carbocycles. The van der Waals surface area contributed by atoms with E-state index in [1.54, 1.807) is 6.07 Å². The first kappa shape index (κ1) is 26.0. The number of unbranched alkanes of at least 4 members (excludes halogenated alkanes) is 2. The Balaban J connectivity index is 1.00. The molecule has 40 heavy (non-hydrogen) atoms. The molecule has 7 heteroatoms. The number of amides is 3. The zero-order chi connectivity index (χ0) is 27.8. The highest BCUT2D eigenvalue weighted by atomic mass is 16.5. The van der Waals surface area contributed by atoms with Crippen LogP contribution in [0.4, 0.5) is 5.69 Å². The summed E-state index contributed by atoms with van der Waals surface area (Å²) in [7, 11) is 0. The van der Waals surface area contributed by atoms with Crippen LogP contribution >= 0.6 is 0 Å². The highest BCUT2D eigenvalue weighted by Crippen LogP contribution is 2.60. The van der Waals surface area contributed by atoms with Crippen molar-refractivity contribution in [3.63, 3.8) is 0 Å². The van der Waals surface area contributed by atoms with Gasteiger partial charge in [-0.25, -0.2) is 0 Å². The summed E-state index contributed by atoms with van der Waals surface area (Å²) in [5.74, 6) is -1.88. The summed E-state index contributed by atoms with van der Waals surface area (Å²) in [6.07, 6.45) is 2.03. The van der Waals surface area contributed by atoms with Crippen LogP contribution in [-0.2, 0) is 23.9 Å². The molecule has 7 nitrogen and oxygen atoms in total. The largest absolute Gasteiger partial charge is 0.456 e. The van der Waals surface area contributed by atoms with Crippen molar-refractivity contribution >= 4 is 29.4 Å². The number of nitrogens with zero attached hydrogens (tertiary/aromatic N) is 1. The third-order valence-corrected chi connectivity index (χ3v) is 8.47. The fourth-order valence-electron chi connectivity index (χ4n) is 6.81. The Morgan fingerprint density at radius 1 is 0.775 bits per heavy atom. The van der Waals surface area contributed by atoms with E-state index >= 15 is 0 Å². The van der Waals surface area contributed by atoms with Gasteiger partial charge in [0.25, 0.3) is 5.91 Å². The Kier molecular flexibility index (Phi) is 6.96. The van der Waals surface area contributed by atoms with Gasteiger partial charge in [-0.05, 0) is 59.7 Å². The van der Waals surface area contributed by atoms with Crippen LogP contribution in [0, 0.1) is 18.8 Å². The molecule has 3 aromatic rings.